The smallest absolute Gasteiger partial charge is 0.253 e. The Kier molecular flexibility index (Phi) is 5.68. The fraction of sp³-hybridized carbons (Fsp3) is 0.333. The van der Waals surface area contributed by atoms with Gasteiger partial charge in [0.05, 0.1) is 16.6 Å². The van der Waals surface area contributed by atoms with Crippen molar-refractivity contribution < 1.29 is 9.18 Å². The highest BCUT2D eigenvalue weighted by Gasteiger charge is 2.17. The average molecular weight is 333 g/mol. The molecule has 0 aliphatic rings. The summed E-state index contributed by atoms with van der Waals surface area (Å²) in [7, 11) is 0. The number of carbonyl (C=O) groups is 1. The molecule has 0 fully saturated rings. The van der Waals surface area contributed by atoms with E-state index >= 15 is 0 Å². The summed E-state index contributed by atoms with van der Waals surface area (Å²) in [6.07, 6.45) is 1.50. The minimum atomic E-state index is -0.467. The molecule has 3 nitrogen and oxygen atoms in total. The lowest BCUT2D eigenvalue weighted by atomic mass is 10.1. The Labute approximate surface area is 119 Å². The minimum absolute atomic E-state index is 0.229. The van der Waals surface area contributed by atoms with Crippen LogP contribution in [-0.2, 0) is 0 Å². The lowest BCUT2D eigenvalue weighted by molar-refractivity contribution is 0.0944. The Bertz CT molecular complexity index is 467. The summed E-state index contributed by atoms with van der Waals surface area (Å²) >= 11 is 8.09. The fourth-order valence-corrected chi connectivity index (χ4v) is 2.09. The first-order valence-electron chi connectivity index (χ1n) is 5.51. The van der Waals surface area contributed by atoms with Crippen molar-refractivity contribution in [2.75, 3.05) is 0 Å². The molecule has 1 rings (SSSR count). The zero-order valence-corrected chi connectivity index (χ0v) is 12.3. The average Bonchev–Trinajstić information content (AvgIpc) is 2.31. The highest BCUT2D eigenvalue weighted by molar-refractivity contribution is 9.10. The van der Waals surface area contributed by atoms with Crippen molar-refractivity contribution in [2.24, 2.45) is 5.73 Å². The van der Waals surface area contributed by atoms with E-state index in [1.165, 1.54) is 18.2 Å². The van der Waals surface area contributed by atoms with Crippen molar-refractivity contribution >= 4 is 39.0 Å². The molecule has 98 valence electrons. The summed E-state index contributed by atoms with van der Waals surface area (Å²) < 4.78 is 13.6. The molecule has 1 atom stereocenters. The standard InChI is InChI=1S/C12H14BrFN2OS/c1-2-3-10(11(15)18)16-12(17)8-6-7(14)4-5-9(8)13/h4-6,10H,2-3H2,1H3,(H2,15,18)(H,16,17). The van der Waals surface area contributed by atoms with Gasteiger partial charge in [-0.25, -0.2) is 4.39 Å². The molecule has 0 aliphatic carbocycles. The lowest BCUT2D eigenvalue weighted by Crippen LogP contribution is -2.43. The van der Waals surface area contributed by atoms with Crippen LogP contribution in [0.1, 0.15) is 30.1 Å². The molecule has 0 saturated heterocycles. The zero-order valence-electron chi connectivity index (χ0n) is 9.87. The normalized spacial score (nSPS) is 11.9. The Morgan fingerprint density at radius 2 is 2.28 bits per heavy atom. The Morgan fingerprint density at radius 3 is 2.83 bits per heavy atom. The van der Waals surface area contributed by atoms with E-state index in [9.17, 15) is 9.18 Å². The molecule has 0 saturated carbocycles. The summed E-state index contributed by atoms with van der Waals surface area (Å²) in [5.74, 6) is -0.863. The number of benzene rings is 1. The van der Waals surface area contributed by atoms with Crippen molar-refractivity contribution in [1.29, 1.82) is 0 Å². The van der Waals surface area contributed by atoms with Gasteiger partial charge in [0, 0.05) is 4.47 Å². The number of amides is 1. The number of hydrogen-bond acceptors (Lipinski definition) is 2. The second kappa shape index (κ2) is 6.80. The molecule has 0 radical (unpaired) electrons. The third-order valence-corrected chi connectivity index (χ3v) is 3.38. The first-order valence-corrected chi connectivity index (χ1v) is 6.71. The van der Waals surface area contributed by atoms with Crippen molar-refractivity contribution in [3.8, 4) is 0 Å². The van der Waals surface area contributed by atoms with Gasteiger partial charge in [0.25, 0.3) is 5.91 Å². The van der Waals surface area contributed by atoms with E-state index in [0.717, 1.165) is 6.42 Å². The van der Waals surface area contributed by atoms with Gasteiger partial charge < -0.3 is 11.1 Å². The van der Waals surface area contributed by atoms with Gasteiger partial charge in [-0.2, -0.15) is 0 Å². The summed E-state index contributed by atoms with van der Waals surface area (Å²) in [6.45, 7) is 1.97. The third kappa shape index (κ3) is 4.03. The van der Waals surface area contributed by atoms with E-state index < -0.39 is 11.7 Å². The predicted octanol–water partition coefficient (Wildman–Crippen LogP) is 2.77. The molecule has 6 heteroatoms. The molecule has 18 heavy (non-hydrogen) atoms. The van der Waals surface area contributed by atoms with Crippen LogP contribution in [0.15, 0.2) is 22.7 Å². The van der Waals surface area contributed by atoms with Crippen LogP contribution in [0.5, 0.6) is 0 Å². The van der Waals surface area contributed by atoms with Gasteiger partial charge in [-0.15, -0.1) is 0 Å². The molecule has 0 heterocycles. The van der Waals surface area contributed by atoms with Gasteiger partial charge in [0.15, 0.2) is 0 Å². The molecule has 1 unspecified atom stereocenters. The van der Waals surface area contributed by atoms with E-state index in [2.05, 4.69) is 21.2 Å². The van der Waals surface area contributed by atoms with Gasteiger partial charge in [0.2, 0.25) is 0 Å². The summed E-state index contributed by atoms with van der Waals surface area (Å²) in [4.78, 5) is 12.2. The largest absolute Gasteiger partial charge is 0.392 e. The Hall–Kier alpha value is -1.01. The van der Waals surface area contributed by atoms with Gasteiger partial charge in [-0.05, 0) is 40.5 Å². The van der Waals surface area contributed by atoms with Gasteiger partial charge in [0.1, 0.15) is 5.82 Å². The summed E-state index contributed by atoms with van der Waals surface area (Å²) in [5.41, 5.74) is 5.78. The molecule has 0 spiro atoms. The van der Waals surface area contributed by atoms with Crippen LogP contribution in [0.3, 0.4) is 0 Å². The van der Waals surface area contributed by atoms with Crippen molar-refractivity contribution in [2.45, 2.75) is 25.8 Å². The van der Waals surface area contributed by atoms with Crippen LogP contribution in [0.2, 0.25) is 0 Å². The number of nitrogens with one attached hydrogen (secondary N) is 1. The quantitative estimate of drug-likeness (QED) is 0.815. The second-order valence-electron chi connectivity index (χ2n) is 3.84. The molecule has 3 N–H and O–H groups in total. The van der Waals surface area contributed by atoms with E-state index in [1.807, 2.05) is 6.92 Å². The molecule has 0 aromatic heterocycles. The first kappa shape index (κ1) is 15.0. The van der Waals surface area contributed by atoms with Crippen molar-refractivity contribution in [1.82, 2.24) is 5.32 Å². The van der Waals surface area contributed by atoms with Crippen LogP contribution in [-0.4, -0.2) is 16.9 Å². The Morgan fingerprint density at radius 1 is 1.61 bits per heavy atom. The molecule has 1 amide bonds. The van der Waals surface area contributed by atoms with Gasteiger partial charge in [-0.1, -0.05) is 25.6 Å². The molecule has 0 bridgehead atoms. The molecule has 1 aromatic rings. The predicted molar refractivity (Wildman–Crippen MR) is 77.0 cm³/mol. The minimum Gasteiger partial charge on any atom is -0.392 e. The van der Waals surface area contributed by atoms with Crippen LogP contribution in [0, 0.1) is 5.82 Å². The van der Waals surface area contributed by atoms with Crippen LogP contribution >= 0.6 is 28.1 Å². The highest BCUT2D eigenvalue weighted by atomic mass is 79.9. The number of nitrogens with two attached hydrogens (primary N) is 1. The maximum Gasteiger partial charge on any atom is 0.253 e. The number of rotatable bonds is 5. The SMILES string of the molecule is CCCC(NC(=O)c1cc(F)ccc1Br)C(N)=S. The second-order valence-corrected chi connectivity index (χ2v) is 5.17. The maximum atomic E-state index is 13.1. The highest BCUT2D eigenvalue weighted by Crippen LogP contribution is 2.18. The molecule has 1 aromatic carbocycles. The number of halogens is 2. The van der Waals surface area contributed by atoms with Crippen LogP contribution in [0.25, 0.3) is 0 Å². The Balaban J connectivity index is 2.86. The van der Waals surface area contributed by atoms with Gasteiger partial charge >= 0.3 is 0 Å². The number of carbonyl (C=O) groups excluding carboxylic acids is 1. The van der Waals surface area contributed by atoms with Gasteiger partial charge in [-0.3, -0.25) is 4.79 Å². The molecular weight excluding hydrogens is 319 g/mol. The fourth-order valence-electron chi connectivity index (χ4n) is 1.48. The van der Waals surface area contributed by atoms with Crippen LogP contribution < -0.4 is 11.1 Å². The van der Waals surface area contributed by atoms with E-state index in [-0.39, 0.29) is 16.6 Å². The summed E-state index contributed by atoms with van der Waals surface area (Å²) in [5, 5.41) is 2.70. The van der Waals surface area contributed by atoms with Crippen LogP contribution in [0.4, 0.5) is 4.39 Å². The summed E-state index contributed by atoms with van der Waals surface area (Å²) in [6, 6.07) is 3.56. The first-order chi connectivity index (χ1) is 8.45. The molecular formula is C12H14BrFN2OS. The van der Waals surface area contributed by atoms with Crippen molar-refractivity contribution in [3.05, 3.63) is 34.1 Å². The van der Waals surface area contributed by atoms with E-state index in [4.69, 9.17) is 18.0 Å². The molecule has 0 aliphatic heterocycles. The lowest BCUT2D eigenvalue weighted by Gasteiger charge is -2.17. The number of hydrogen-bond donors (Lipinski definition) is 2. The maximum absolute atomic E-state index is 13.1. The topological polar surface area (TPSA) is 55.1 Å². The van der Waals surface area contributed by atoms with E-state index in [0.29, 0.717) is 10.9 Å². The number of thiocarbonyl (C=S) groups is 1. The monoisotopic (exact) mass is 332 g/mol. The van der Waals surface area contributed by atoms with E-state index in [1.54, 1.807) is 0 Å². The zero-order chi connectivity index (χ0) is 13.7. The van der Waals surface area contributed by atoms with Crippen molar-refractivity contribution in [3.63, 3.8) is 0 Å². The third-order valence-electron chi connectivity index (χ3n) is 2.40.